The number of aliphatic carboxylic acids is 1. The highest BCUT2D eigenvalue weighted by atomic mass is 19.1. The summed E-state index contributed by atoms with van der Waals surface area (Å²) in [7, 11) is 0. The van der Waals surface area contributed by atoms with Crippen LogP contribution >= 0.6 is 0 Å². The molecule has 0 aliphatic carbocycles. The largest absolute Gasteiger partial charge is 0.481 e. The first kappa shape index (κ1) is 16.4. The summed E-state index contributed by atoms with van der Waals surface area (Å²) in [5.41, 5.74) is 6.82. The van der Waals surface area contributed by atoms with Gasteiger partial charge in [-0.1, -0.05) is 12.1 Å². The Kier molecular flexibility index (Phi) is 5.85. The molecule has 1 heterocycles. The molecule has 0 spiro atoms. The maximum absolute atomic E-state index is 13.0. The minimum absolute atomic E-state index is 0.0952. The summed E-state index contributed by atoms with van der Waals surface area (Å²) >= 11 is 0. The van der Waals surface area contributed by atoms with Crippen LogP contribution in [0.1, 0.15) is 30.9 Å². The summed E-state index contributed by atoms with van der Waals surface area (Å²) in [4.78, 5) is 22.6. The van der Waals surface area contributed by atoms with E-state index in [1.54, 1.807) is 12.1 Å². The minimum Gasteiger partial charge on any atom is -0.481 e. The van der Waals surface area contributed by atoms with E-state index in [0.717, 1.165) is 5.56 Å². The van der Waals surface area contributed by atoms with Crippen molar-refractivity contribution in [2.75, 3.05) is 13.1 Å². The van der Waals surface area contributed by atoms with Crippen LogP contribution in [0.5, 0.6) is 0 Å². The van der Waals surface area contributed by atoms with Gasteiger partial charge in [0.05, 0.1) is 12.0 Å². The van der Waals surface area contributed by atoms with Crippen molar-refractivity contribution in [1.82, 2.24) is 16.2 Å². The van der Waals surface area contributed by atoms with Crippen LogP contribution in [0.25, 0.3) is 0 Å². The summed E-state index contributed by atoms with van der Waals surface area (Å²) in [6.45, 7) is 0.946. The van der Waals surface area contributed by atoms with E-state index in [1.165, 1.54) is 12.1 Å². The van der Waals surface area contributed by atoms with Crippen molar-refractivity contribution in [2.45, 2.75) is 25.3 Å². The van der Waals surface area contributed by atoms with Gasteiger partial charge in [-0.2, -0.15) is 0 Å². The van der Waals surface area contributed by atoms with E-state index in [1.807, 2.05) is 0 Å². The Labute approximate surface area is 128 Å². The van der Waals surface area contributed by atoms with Gasteiger partial charge in [-0.15, -0.1) is 0 Å². The molecule has 4 N–H and O–H groups in total. The highest BCUT2D eigenvalue weighted by Gasteiger charge is 2.33. The van der Waals surface area contributed by atoms with Crippen molar-refractivity contribution < 1.29 is 19.1 Å². The van der Waals surface area contributed by atoms with E-state index < -0.39 is 5.97 Å². The fourth-order valence-electron chi connectivity index (χ4n) is 2.47. The first-order valence-electron chi connectivity index (χ1n) is 7.31. The van der Waals surface area contributed by atoms with Gasteiger partial charge in [0.25, 0.3) is 0 Å². The third kappa shape index (κ3) is 4.51. The lowest BCUT2D eigenvalue weighted by atomic mass is 9.94. The normalized spacial score (nSPS) is 20.8. The molecule has 1 aliphatic rings. The molecule has 120 valence electrons. The molecule has 1 fully saturated rings. The van der Waals surface area contributed by atoms with E-state index >= 15 is 0 Å². The summed E-state index contributed by atoms with van der Waals surface area (Å²) in [6.07, 6.45) is 1.28. The minimum atomic E-state index is -0.827. The van der Waals surface area contributed by atoms with Crippen LogP contribution in [0.4, 0.5) is 4.39 Å². The van der Waals surface area contributed by atoms with Gasteiger partial charge in [0, 0.05) is 19.5 Å². The fourth-order valence-corrected chi connectivity index (χ4v) is 2.47. The van der Waals surface area contributed by atoms with Gasteiger partial charge in [-0.25, -0.2) is 9.82 Å². The number of carbonyl (C=O) groups is 2. The zero-order chi connectivity index (χ0) is 15.9. The van der Waals surface area contributed by atoms with Crippen molar-refractivity contribution in [3.05, 3.63) is 35.6 Å². The van der Waals surface area contributed by atoms with E-state index in [9.17, 15) is 14.0 Å². The van der Waals surface area contributed by atoms with Gasteiger partial charge < -0.3 is 10.4 Å². The summed E-state index contributed by atoms with van der Waals surface area (Å²) in [6, 6.07) is 5.85. The molecule has 1 saturated heterocycles. The Bertz CT molecular complexity index is 521. The van der Waals surface area contributed by atoms with Gasteiger partial charge in [0.15, 0.2) is 0 Å². The van der Waals surface area contributed by atoms with Gasteiger partial charge in [-0.05, 0) is 30.5 Å². The predicted molar refractivity (Wildman–Crippen MR) is 78.3 cm³/mol. The third-order valence-electron chi connectivity index (χ3n) is 3.66. The van der Waals surface area contributed by atoms with Crippen LogP contribution in [0.2, 0.25) is 0 Å². The van der Waals surface area contributed by atoms with Crippen molar-refractivity contribution in [3.63, 3.8) is 0 Å². The highest BCUT2D eigenvalue weighted by molar-refractivity contribution is 5.80. The molecule has 0 bridgehead atoms. The van der Waals surface area contributed by atoms with Crippen molar-refractivity contribution in [2.24, 2.45) is 5.92 Å². The van der Waals surface area contributed by atoms with Crippen LogP contribution < -0.4 is 16.2 Å². The zero-order valence-corrected chi connectivity index (χ0v) is 12.1. The van der Waals surface area contributed by atoms with E-state index in [4.69, 9.17) is 5.11 Å². The first-order chi connectivity index (χ1) is 10.6. The lowest BCUT2D eigenvalue weighted by molar-refractivity contribution is -0.137. The monoisotopic (exact) mass is 309 g/mol. The molecule has 2 unspecified atom stereocenters. The Hall–Kier alpha value is -1.99. The summed E-state index contributed by atoms with van der Waals surface area (Å²) < 4.78 is 13.0. The number of hydrazine groups is 1. The third-order valence-corrected chi connectivity index (χ3v) is 3.66. The second-order valence-electron chi connectivity index (χ2n) is 5.30. The van der Waals surface area contributed by atoms with Crippen molar-refractivity contribution >= 4 is 11.9 Å². The van der Waals surface area contributed by atoms with Crippen molar-refractivity contribution in [1.29, 1.82) is 0 Å². The standard InChI is InChI=1S/C15H20FN3O3/c16-11-6-4-10(5-7-11)14-12(9-18-19-14)15(22)17-8-2-1-3-13(20)21/h4-7,12,14,18-19H,1-3,8-9H2,(H,17,22)(H,20,21). The van der Waals surface area contributed by atoms with Crippen LogP contribution in [0.15, 0.2) is 24.3 Å². The lowest BCUT2D eigenvalue weighted by Crippen LogP contribution is -2.35. The SMILES string of the molecule is O=C(O)CCCCNC(=O)C1CNNC1c1ccc(F)cc1. The quantitative estimate of drug-likeness (QED) is 0.563. The second kappa shape index (κ2) is 7.86. The number of amides is 1. The number of halogens is 1. The predicted octanol–water partition coefficient (Wildman–Crippen LogP) is 0.962. The molecule has 2 rings (SSSR count). The molecular weight excluding hydrogens is 289 g/mol. The molecule has 0 aromatic heterocycles. The maximum Gasteiger partial charge on any atom is 0.303 e. The number of benzene rings is 1. The average molecular weight is 309 g/mol. The van der Waals surface area contributed by atoms with Gasteiger partial charge in [0.1, 0.15) is 5.82 Å². The average Bonchev–Trinajstić information content (AvgIpc) is 2.96. The Morgan fingerprint density at radius 2 is 2.00 bits per heavy atom. The topological polar surface area (TPSA) is 90.5 Å². The van der Waals surface area contributed by atoms with Crippen molar-refractivity contribution in [3.8, 4) is 0 Å². The Balaban J connectivity index is 1.83. The van der Waals surface area contributed by atoms with E-state index in [2.05, 4.69) is 16.2 Å². The fraction of sp³-hybridized carbons (Fsp3) is 0.467. The number of carbonyl (C=O) groups excluding carboxylic acids is 1. The number of carboxylic acid groups (broad SMARTS) is 1. The smallest absolute Gasteiger partial charge is 0.303 e. The van der Waals surface area contributed by atoms with Crippen LogP contribution in [0, 0.1) is 11.7 Å². The Morgan fingerprint density at radius 1 is 1.27 bits per heavy atom. The number of carboxylic acids is 1. The highest BCUT2D eigenvalue weighted by Crippen LogP contribution is 2.25. The lowest BCUT2D eigenvalue weighted by Gasteiger charge is -2.18. The molecule has 0 saturated carbocycles. The maximum atomic E-state index is 13.0. The van der Waals surface area contributed by atoms with E-state index in [-0.39, 0.29) is 30.1 Å². The molecule has 22 heavy (non-hydrogen) atoms. The van der Waals surface area contributed by atoms with Gasteiger partial charge in [-0.3, -0.25) is 15.0 Å². The van der Waals surface area contributed by atoms with Gasteiger partial charge in [0.2, 0.25) is 5.91 Å². The molecule has 1 aliphatic heterocycles. The molecule has 7 heteroatoms. The molecule has 1 aromatic rings. The van der Waals surface area contributed by atoms with Crippen LogP contribution in [0.3, 0.4) is 0 Å². The first-order valence-corrected chi connectivity index (χ1v) is 7.31. The zero-order valence-electron chi connectivity index (χ0n) is 12.1. The number of unbranched alkanes of at least 4 members (excludes halogenated alkanes) is 1. The molecular formula is C15H20FN3O3. The molecule has 1 aromatic carbocycles. The van der Waals surface area contributed by atoms with E-state index in [0.29, 0.717) is 25.9 Å². The van der Waals surface area contributed by atoms with Gasteiger partial charge >= 0.3 is 5.97 Å². The summed E-state index contributed by atoms with van der Waals surface area (Å²) in [5.74, 6) is -1.52. The summed E-state index contributed by atoms with van der Waals surface area (Å²) in [5, 5.41) is 11.4. The number of nitrogens with one attached hydrogen (secondary N) is 3. The number of hydrogen-bond donors (Lipinski definition) is 4. The molecule has 2 atom stereocenters. The van der Waals surface area contributed by atoms with Crippen LogP contribution in [-0.2, 0) is 9.59 Å². The second-order valence-corrected chi connectivity index (χ2v) is 5.30. The Morgan fingerprint density at radius 3 is 2.68 bits per heavy atom. The van der Waals surface area contributed by atoms with Crippen LogP contribution in [-0.4, -0.2) is 30.1 Å². The molecule has 1 amide bonds. The number of hydrogen-bond acceptors (Lipinski definition) is 4. The number of rotatable bonds is 7. The molecule has 0 radical (unpaired) electrons. The molecule has 6 nitrogen and oxygen atoms in total.